The van der Waals surface area contributed by atoms with Crippen molar-refractivity contribution in [3.8, 4) is 6.19 Å². The SMILES string of the molecule is Cc1nc2ccccc2n1C1C[C@H]2CC[C@@H](C1)N2CCC1(c2ccccc2)CCN(C(=NC#N)SC(C)C)CC1. The minimum absolute atomic E-state index is 0.172. The molecule has 3 fully saturated rings. The largest absolute Gasteiger partial charge is 0.350 e. The van der Waals surface area contributed by atoms with Gasteiger partial charge in [-0.25, -0.2) is 4.98 Å². The van der Waals surface area contributed by atoms with E-state index in [1.807, 2.05) is 6.19 Å². The van der Waals surface area contributed by atoms with Crippen molar-refractivity contribution in [2.75, 3.05) is 19.6 Å². The maximum Gasteiger partial charge on any atom is 0.208 e. The zero-order valence-corrected chi connectivity index (χ0v) is 25.0. The van der Waals surface area contributed by atoms with Crippen molar-refractivity contribution < 1.29 is 0 Å². The number of thioether (sulfide) groups is 1. The van der Waals surface area contributed by atoms with Crippen molar-refractivity contribution in [3.05, 3.63) is 66.0 Å². The fourth-order valence-electron chi connectivity index (χ4n) is 7.82. The normalized spacial score (nSPS) is 25.0. The zero-order valence-electron chi connectivity index (χ0n) is 24.2. The molecule has 7 heteroatoms. The van der Waals surface area contributed by atoms with Gasteiger partial charge in [0.15, 0.2) is 5.17 Å². The number of para-hydroxylation sites is 2. The summed E-state index contributed by atoms with van der Waals surface area (Å²) >= 11 is 1.71. The number of hydrogen-bond acceptors (Lipinski definition) is 5. The average Bonchev–Trinajstić information content (AvgIpc) is 3.42. The fourth-order valence-corrected chi connectivity index (χ4v) is 8.66. The molecule has 0 N–H and O–H groups in total. The van der Waals surface area contributed by atoms with Crippen molar-refractivity contribution in [1.82, 2.24) is 19.4 Å². The van der Waals surface area contributed by atoms with E-state index in [4.69, 9.17) is 4.98 Å². The second-order valence-corrected chi connectivity index (χ2v) is 13.9. The molecule has 3 aliphatic rings. The van der Waals surface area contributed by atoms with Crippen molar-refractivity contribution >= 4 is 28.0 Å². The molecule has 3 saturated heterocycles. The Labute approximate surface area is 243 Å². The Morgan fingerprint density at radius 1 is 1.02 bits per heavy atom. The van der Waals surface area contributed by atoms with E-state index in [1.165, 1.54) is 49.7 Å². The highest BCUT2D eigenvalue weighted by Crippen LogP contribution is 2.45. The van der Waals surface area contributed by atoms with Crippen LogP contribution in [0.25, 0.3) is 11.0 Å². The van der Waals surface area contributed by atoms with E-state index in [0.29, 0.717) is 23.4 Å². The van der Waals surface area contributed by atoms with Gasteiger partial charge >= 0.3 is 0 Å². The van der Waals surface area contributed by atoms with Crippen LogP contribution in [-0.4, -0.2) is 61.5 Å². The van der Waals surface area contributed by atoms with Crippen LogP contribution < -0.4 is 0 Å². The molecule has 4 heterocycles. The summed E-state index contributed by atoms with van der Waals surface area (Å²) in [6.45, 7) is 9.60. The number of benzene rings is 2. The molecular formula is C33H42N6S. The van der Waals surface area contributed by atoms with Gasteiger partial charge in [0.1, 0.15) is 5.82 Å². The Balaban J connectivity index is 1.17. The molecule has 3 aliphatic heterocycles. The Morgan fingerprint density at radius 2 is 1.70 bits per heavy atom. The molecule has 0 saturated carbocycles. The van der Waals surface area contributed by atoms with Gasteiger partial charge in [0, 0.05) is 36.5 Å². The van der Waals surface area contributed by atoms with Crippen LogP contribution in [0.2, 0.25) is 0 Å². The van der Waals surface area contributed by atoms with E-state index < -0.39 is 0 Å². The Bertz CT molecular complexity index is 1370. The number of amidine groups is 1. The fraction of sp³-hybridized carbons (Fsp3) is 0.545. The van der Waals surface area contributed by atoms with E-state index in [9.17, 15) is 5.26 Å². The molecular weight excluding hydrogens is 512 g/mol. The average molecular weight is 555 g/mol. The summed E-state index contributed by atoms with van der Waals surface area (Å²) in [6.07, 6.45) is 10.5. The van der Waals surface area contributed by atoms with Crippen LogP contribution >= 0.6 is 11.8 Å². The van der Waals surface area contributed by atoms with E-state index >= 15 is 0 Å². The van der Waals surface area contributed by atoms with Gasteiger partial charge in [-0.3, -0.25) is 4.90 Å². The lowest BCUT2D eigenvalue weighted by Crippen LogP contribution is -2.48. The standard InChI is InChI=1S/C33H42N6S/c1-24(2)40-32(35-23-34)37-18-15-33(16-19-37,26-9-5-4-6-10-26)17-20-38-27-13-14-28(38)22-29(21-27)39-25(3)36-30-11-7-8-12-31(30)39/h4-12,24,27-29H,13-22H2,1-3H3/t27-,28+,29?. The van der Waals surface area contributed by atoms with Crippen molar-refractivity contribution in [1.29, 1.82) is 5.26 Å². The quantitative estimate of drug-likeness (QED) is 0.188. The van der Waals surface area contributed by atoms with E-state index in [2.05, 4.69) is 94.7 Å². The first-order valence-electron chi connectivity index (χ1n) is 15.1. The number of imidazole rings is 1. The molecule has 1 unspecified atom stereocenters. The lowest BCUT2D eigenvalue weighted by atomic mass is 9.70. The molecule has 0 amide bonds. The molecule has 0 radical (unpaired) electrons. The molecule has 1 aromatic heterocycles. The second kappa shape index (κ2) is 11.6. The lowest BCUT2D eigenvalue weighted by Gasteiger charge is -2.46. The molecule has 0 aliphatic carbocycles. The Kier molecular flexibility index (Phi) is 7.92. The number of nitriles is 1. The topological polar surface area (TPSA) is 60.5 Å². The van der Waals surface area contributed by atoms with Crippen LogP contribution in [0.1, 0.15) is 76.2 Å². The number of aliphatic imine (C=N–C) groups is 1. The Hall–Kier alpha value is -2.82. The first-order chi connectivity index (χ1) is 19.5. The van der Waals surface area contributed by atoms with Gasteiger partial charge in [0.2, 0.25) is 6.19 Å². The van der Waals surface area contributed by atoms with Gasteiger partial charge in [-0.15, -0.1) is 4.99 Å². The molecule has 0 spiro atoms. The minimum atomic E-state index is 0.172. The highest BCUT2D eigenvalue weighted by atomic mass is 32.2. The van der Waals surface area contributed by atoms with Gasteiger partial charge in [-0.05, 0) is 81.5 Å². The molecule has 2 aromatic carbocycles. The molecule has 2 bridgehead atoms. The van der Waals surface area contributed by atoms with Crippen LogP contribution in [-0.2, 0) is 5.41 Å². The smallest absolute Gasteiger partial charge is 0.208 e. The third-order valence-corrected chi connectivity index (χ3v) is 10.7. The summed E-state index contributed by atoms with van der Waals surface area (Å²) in [6, 6.07) is 21.7. The predicted molar refractivity (Wildman–Crippen MR) is 166 cm³/mol. The predicted octanol–water partition coefficient (Wildman–Crippen LogP) is 6.92. The number of hydrogen-bond donors (Lipinski definition) is 0. The highest BCUT2D eigenvalue weighted by molar-refractivity contribution is 8.14. The molecule has 210 valence electrons. The van der Waals surface area contributed by atoms with E-state index in [-0.39, 0.29) is 5.41 Å². The second-order valence-electron chi connectivity index (χ2n) is 12.3. The lowest BCUT2D eigenvalue weighted by molar-refractivity contribution is 0.0890. The van der Waals surface area contributed by atoms with E-state index in [1.54, 1.807) is 11.8 Å². The van der Waals surface area contributed by atoms with Gasteiger partial charge in [0.25, 0.3) is 0 Å². The summed E-state index contributed by atoms with van der Waals surface area (Å²) in [4.78, 5) is 14.3. The van der Waals surface area contributed by atoms with Crippen molar-refractivity contribution in [2.45, 2.75) is 94.5 Å². The maximum atomic E-state index is 9.30. The van der Waals surface area contributed by atoms with E-state index in [0.717, 1.165) is 42.4 Å². The van der Waals surface area contributed by atoms with Gasteiger partial charge in [-0.2, -0.15) is 5.26 Å². The molecule has 3 atom stereocenters. The van der Waals surface area contributed by atoms with Gasteiger partial charge in [-0.1, -0.05) is 68.1 Å². The van der Waals surface area contributed by atoms with Crippen molar-refractivity contribution in [2.24, 2.45) is 4.99 Å². The molecule has 40 heavy (non-hydrogen) atoms. The molecule has 3 aromatic rings. The Morgan fingerprint density at radius 3 is 2.38 bits per heavy atom. The highest BCUT2D eigenvalue weighted by Gasteiger charge is 2.44. The first kappa shape index (κ1) is 27.4. The minimum Gasteiger partial charge on any atom is -0.350 e. The van der Waals surface area contributed by atoms with Crippen LogP contribution in [0.5, 0.6) is 0 Å². The zero-order chi connectivity index (χ0) is 27.7. The first-order valence-corrected chi connectivity index (χ1v) is 16.0. The monoisotopic (exact) mass is 554 g/mol. The molecule has 6 rings (SSSR count). The number of piperidine rings is 2. The van der Waals surface area contributed by atoms with Gasteiger partial charge < -0.3 is 9.47 Å². The number of aromatic nitrogens is 2. The van der Waals surface area contributed by atoms with Gasteiger partial charge in [0.05, 0.1) is 11.0 Å². The summed E-state index contributed by atoms with van der Waals surface area (Å²) in [5, 5.41) is 10.6. The summed E-state index contributed by atoms with van der Waals surface area (Å²) in [7, 11) is 0. The van der Waals surface area contributed by atoms with Crippen LogP contribution in [0.3, 0.4) is 0 Å². The summed E-state index contributed by atoms with van der Waals surface area (Å²) < 4.78 is 2.54. The van der Waals surface area contributed by atoms with Crippen LogP contribution in [0, 0.1) is 18.4 Å². The van der Waals surface area contributed by atoms with Crippen molar-refractivity contribution in [3.63, 3.8) is 0 Å². The van der Waals surface area contributed by atoms with Crippen LogP contribution in [0.15, 0.2) is 59.6 Å². The third-order valence-electron chi connectivity index (χ3n) is 9.71. The number of aryl methyl sites for hydroxylation is 1. The summed E-state index contributed by atoms with van der Waals surface area (Å²) in [5.74, 6) is 1.16. The summed E-state index contributed by atoms with van der Waals surface area (Å²) in [5.41, 5.74) is 4.07. The number of likely N-dealkylation sites (tertiary alicyclic amines) is 1. The molecule has 6 nitrogen and oxygen atoms in total. The number of rotatable bonds is 6. The number of nitrogens with zero attached hydrogens (tertiary/aromatic N) is 6. The maximum absolute atomic E-state index is 9.30. The third kappa shape index (κ3) is 5.29. The number of fused-ring (bicyclic) bond motifs is 3. The van der Waals surface area contributed by atoms with Crippen LogP contribution in [0.4, 0.5) is 0 Å².